The van der Waals surface area contributed by atoms with Crippen LogP contribution in [0, 0.1) is 48.1 Å². The quantitative estimate of drug-likeness (QED) is 0.295. The lowest BCUT2D eigenvalue weighted by Crippen LogP contribution is -2.38. The second-order valence-electron chi connectivity index (χ2n) is 12.7. The second kappa shape index (κ2) is 12.7. The van der Waals surface area contributed by atoms with E-state index in [0.29, 0.717) is 54.6 Å². The van der Waals surface area contributed by atoms with E-state index in [2.05, 4.69) is 4.74 Å². The highest BCUT2D eigenvalue weighted by Crippen LogP contribution is 2.49. The van der Waals surface area contributed by atoms with E-state index in [1.54, 1.807) is 6.07 Å². The maximum absolute atomic E-state index is 14.9. The Kier molecular flexibility index (Phi) is 9.33. The van der Waals surface area contributed by atoms with E-state index in [-0.39, 0.29) is 18.7 Å². The molecule has 0 saturated heterocycles. The summed E-state index contributed by atoms with van der Waals surface area (Å²) in [5.41, 5.74) is 1.80. The molecule has 2 aromatic rings. The molecule has 42 heavy (non-hydrogen) atoms. The number of benzene rings is 2. The van der Waals surface area contributed by atoms with Crippen LogP contribution >= 0.6 is 0 Å². The molecule has 9 heteroatoms. The third-order valence-electron chi connectivity index (χ3n) is 10.1. The van der Waals surface area contributed by atoms with E-state index in [4.69, 9.17) is 4.74 Å². The van der Waals surface area contributed by atoms with Crippen LogP contribution in [-0.4, -0.2) is 12.5 Å². The van der Waals surface area contributed by atoms with Crippen LogP contribution in [0.25, 0.3) is 0 Å². The molecule has 3 aliphatic rings. The van der Waals surface area contributed by atoms with Crippen LogP contribution in [-0.2, 0) is 0 Å². The van der Waals surface area contributed by atoms with Crippen molar-refractivity contribution in [3.63, 3.8) is 0 Å². The van der Waals surface area contributed by atoms with E-state index in [1.165, 1.54) is 0 Å². The molecule has 0 unspecified atom stereocenters. The van der Waals surface area contributed by atoms with Crippen LogP contribution in [0.5, 0.6) is 11.5 Å². The summed E-state index contributed by atoms with van der Waals surface area (Å²) < 4.78 is 104. The summed E-state index contributed by atoms with van der Waals surface area (Å²) in [4.78, 5) is 0. The average Bonchev–Trinajstić information content (AvgIpc) is 2.94. The van der Waals surface area contributed by atoms with Crippen molar-refractivity contribution in [3.8, 4) is 11.5 Å². The zero-order chi connectivity index (χ0) is 30.1. The lowest BCUT2D eigenvalue weighted by atomic mass is 9.64. The van der Waals surface area contributed by atoms with Gasteiger partial charge in [0.25, 0.3) is 0 Å². The zero-order valence-electron chi connectivity index (χ0n) is 23.9. The number of halogens is 7. The molecule has 0 spiro atoms. The predicted octanol–water partition coefficient (Wildman–Crippen LogP) is 10.7. The van der Waals surface area contributed by atoms with Gasteiger partial charge < -0.3 is 9.47 Å². The highest BCUT2D eigenvalue weighted by Gasteiger charge is 2.45. The standard InChI is InChI=1S/C33H39F7O2/c1-20-2-16-28(29(34)18-20)25-9-7-23(8-10-25)21-3-5-22(6-4-21)24-11-13-26(14-12-24)32(36,37)41-27-15-17-31(30(35)19-27)42-33(38,39)40/h2,15-19,21-26H,3-14H2,1H3. The molecular weight excluding hydrogens is 561 g/mol. The van der Waals surface area contributed by atoms with Gasteiger partial charge in [-0.05, 0) is 143 Å². The first-order chi connectivity index (χ1) is 19.9. The minimum atomic E-state index is -5.09. The Labute approximate surface area is 243 Å². The molecule has 3 saturated carbocycles. The molecule has 3 fully saturated rings. The van der Waals surface area contributed by atoms with Crippen molar-refractivity contribution in [1.29, 1.82) is 0 Å². The Bertz CT molecular complexity index is 1190. The minimum absolute atomic E-state index is 0.0829. The van der Waals surface area contributed by atoms with Gasteiger partial charge in [0.1, 0.15) is 11.6 Å². The molecular formula is C33H39F7O2. The normalized spacial score (nSPS) is 29.2. The van der Waals surface area contributed by atoms with Crippen molar-refractivity contribution >= 4 is 0 Å². The van der Waals surface area contributed by atoms with Gasteiger partial charge in [-0.15, -0.1) is 13.2 Å². The van der Waals surface area contributed by atoms with Gasteiger partial charge in [-0.2, -0.15) is 8.78 Å². The van der Waals surface area contributed by atoms with Crippen LogP contribution < -0.4 is 9.47 Å². The first kappa shape index (κ1) is 31.0. The number of ether oxygens (including phenoxy) is 2. The van der Waals surface area contributed by atoms with E-state index in [1.807, 2.05) is 19.1 Å². The number of hydrogen-bond donors (Lipinski definition) is 0. The van der Waals surface area contributed by atoms with Gasteiger partial charge in [-0.25, -0.2) is 8.78 Å². The van der Waals surface area contributed by atoms with Gasteiger partial charge in [0.05, 0.1) is 5.92 Å². The molecule has 2 nitrogen and oxygen atoms in total. The van der Waals surface area contributed by atoms with E-state index in [9.17, 15) is 30.7 Å². The summed E-state index contributed by atoms with van der Waals surface area (Å²) >= 11 is 0. The number of hydrogen-bond acceptors (Lipinski definition) is 2. The van der Waals surface area contributed by atoms with Gasteiger partial charge in [0, 0.05) is 6.07 Å². The number of rotatable bonds is 7. The Morgan fingerprint density at radius 3 is 1.62 bits per heavy atom. The lowest BCUT2D eigenvalue weighted by Gasteiger charge is -2.42. The minimum Gasteiger partial charge on any atom is -0.432 e. The molecule has 0 aliphatic heterocycles. The van der Waals surface area contributed by atoms with Gasteiger partial charge in [0.15, 0.2) is 11.6 Å². The maximum Gasteiger partial charge on any atom is 0.573 e. The molecule has 0 N–H and O–H groups in total. The number of aryl methyl sites for hydroxylation is 1. The Balaban J connectivity index is 1.05. The zero-order valence-corrected chi connectivity index (χ0v) is 23.9. The largest absolute Gasteiger partial charge is 0.573 e. The third kappa shape index (κ3) is 7.54. The second-order valence-corrected chi connectivity index (χ2v) is 12.7. The average molecular weight is 601 g/mol. The van der Waals surface area contributed by atoms with Crippen molar-refractivity contribution < 1.29 is 40.2 Å². The van der Waals surface area contributed by atoms with Crippen molar-refractivity contribution in [2.45, 2.75) is 102 Å². The predicted molar refractivity (Wildman–Crippen MR) is 145 cm³/mol. The smallest absolute Gasteiger partial charge is 0.432 e. The van der Waals surface area contributed by atoms with Gasteiger partial charge in [0.2, 0.25) is 0 Å². The molecule has 0 aromatic heterocycles. The lowest BCUT2D eigenvalue weighted by molar-refractivity contribution is -0.275. The highest BCUT2D eigenvalue weighted by atomic mass is 19.4. The summed E-state index contributed by atoms with van der Waals surface area (Å²) in [5, 5.41) is 0. The molecule has 0 atom stereocenters. The first-order valence-electron chi connectivity index (χ1n) is 15.3. The molecule has 0 radical (unpaired) electrons. The van der Waals surface area contributed by atoms with Crippen molar-refractivity contribution in [3.05, 3.63) is 59.2 Å². The molecule has 232 valence electrons. The third-order valence-corrected chi connectivity index (χ3v) is 10.1. The van der Waals surface area contributed by atoms with Crippen LogP contribution in [0.3, 0.4) is 0 Å². The van der Waals surface area contributed by atoms with Crippen LogP contribution in [0.4, 0.5) is 30.7 Å². The van der Waals surface area contributed by atoms with E-state index < -0.39 is 35.7 Å². The first-order valence-corrected chi connectivity index (χ1v) is 15.3. The Morgan fingerprint density at radius 1 is 0.595 bits per heavy atom. The maximum atomic E-state index is 14.9. The fourth-order valence-electron chi connectivity index (χ4n) is 7.87. The highest BCUT2D eigenvalue weighted by molar-refractivity contribution is 5.33. The summed E-state index contributed by atoms with van der Waals surface area (Å²) in [6, 6.07) is 7.56. The van der Waals surface area contributed by atoms with Crippen LogP contribution in [0.2, 0.25) is 0 Å². The van der Waals surface area contributed by atoms with Gasteiger partial charge in [-0.1, -0.05) is 12.1 Å². The fraction of sp³-hybridized carbons (Fsp3) is 0.636. The molecule has 5 rings (SSSR count). The van der Waals surface area contributed by atoms with Gasteiger partial charge in [-0.3, -0.25) is 0 Å². The number of alkyl halides is 5. The van der Waals surface area contributed by atoms with Crippen molar-refractivity contribution in [2.24, 2.45) is 29.6 Å². The Hall–Kier alpha value is -2.45. The summed E-state index contributed by atoms with van der Waals surface area (Å²) in [5.74, 6) is -1.57. The summed E-state index contributed by atoms with van der Waals surface area (Å²) in [6.45, 7) is 1.91. The van der Waals surface area contributed by atoms with E-state index in [0.717, 1.165) is 68.6 Å². The summed E-state index contributed by atoms with van der Waals surface area (Å²) in [7, 11) is 0. The molecule has 3 aliphatic carbocycles. The fourth-order valence-corrected chi connectivity index (χ4v) is 7.87. The Morgan fingerprint density at radius 2 is 1.12 bits per heavy atom. The molecule has 0 bridgehead atoms. The topological polar surface area (TPSA) is 18.5 Å². The van der Waals surface area contributed by atoms with Crippen LogP contribution in [0.1, 0.15) is 94.1 Å². The molecule has 2 aromatic carbocycles. The van der Waals surface area contributed by atoms with Crippen molar-refractivity contribution in [1.82, 2.24) is 0 Å². The molecule has 0 amide bonds. The summed E-state index contributed by atoms with van der Waals surface area (Å²) in [6.07, 6.45) is 2.18. The van der Waals surface area contributed by atoms with Crippen molar-refractivity contribution in [2.75, 3.05) is 0 Å². The SMILES string of the molecule is Cc1ccc(C2CCC(C3CCC(C4CCC(C(F)(F)Oc5ccc(OC(F)(F)F)c(F)c5)CC4)CC3)CC2)c(F)c1. The molecule has 0 heterocycles. The van der Waals surface area contributed by atoms with Gasteiger partial charge >= 0.3 is 12.5 Å². The monoisotopic (exact) mass is 600 g/mol. The van der Waals surface area contributed by atoms with E-state index >= 15 is 0 Å². The van der Waals surface area contributed by atoms with Crippen LogP contribution in [0.15, 0.2) is 36.4 Å².